The van der Waals surface area contributed by atoms with Gasteiger partial charge in [0.25, 0.3) is 5.91 Å². The lowest BCUT2D eigenvalue weighted by atomic mass is 9.89. The van der Waals surface area contributed by atoms with Gasteiger partial charge >= 0.3 is 0 Å². The first-order chi connectivity index (χ1) is 17.2. The number of benzene rings is 2. The molecule has 1 aliphatic carbocycles. The van der Waals surface area contributed by atoms with Crippen LogP contribution in [0.2, 0.25) is 0 Å². The number of amides is 2. The highest BCUT2D eigenvalue weighted by Crippen LogP contribution is 2.38. The Morgan fingerprint density at radius 2 is 1.80 bits per heavy atom. The molecule has 9 heteroatoms. The number of piperazine rings is 1. The smallest absolute Gasteiger partial charge is 0.257 e. The molecule has 1 saturated heterocycles. The van der Waals surface area contributed by atoms with Crippen molar-refractivity contribution in [3.63, 3.8) is 0 Å². The highest BCUT2D eigenvalue weighted by molar-refractivity contribution is 7.16. The van der Waals surface area contributed by atoms with Crippen molar-refractivity contribution in [3.05, 3.63) is 64.7 Å². The Morgan fingerprint density at radius 3 is 2.63 bits per heavy atom. The maximum Gasteiger partial charge on any atom is 0.257 e. The van der Waals surface area contributed by atoms with E-state index in [1.165, 1.54) is 17.0 Å². The van der Waals surface area contributed by atoms with E-state index in [0.29, 0.717) is 35.3 Å². The van der Waals surface area contributed by atoms with Gasteiger partial charge in [0.05, 0.1) is 11.6 Å². The zero-order valence-corrected chi connectivity index (χ0v) is 20.1. The molecule has 0 radical (unpaired) electrons. The Morgan fingerprint density at radius 1 is 1.00 bits per heavy atom. The van der Waals surface area contributed by atoms with Gasteiger partial charge in [0.2, 0.25) is 12.7 Å². The number of thiazole rings is 1. The van der Waals surface area contributed by atoms with Gasteiger partial charge in [-0.25, -0.2) is 4.98 Å². The molecule has 0 bridgehead atoms. The van der Waals surface area contributed by atoms with E-state index in [1.54, 1.807) is 18.2 Å². The van der Waals surface area contributed by atoms with Crippen molar-refractivity contribution in [2.24, 2.45) is 0 Å². The summed E-state index contributed by atoms with van der Waals surface area (Å²) in [6.45, 7) is 3.22. The van der Waals surface area contributed by atoms with Crippen molar-refractivity contribution in [1.82, 2.24) is 9.88 Å². The maximum atomic E-state index is 13.5. The number of anilines is 2. The lowest BCUT2D eigenvalue weighted by Crippen LogP contribution is -2.50. The number of carbonyl (C=O) groups is 2. The second kappa shape index (κ2) is 9.22. The van der Waals surface area contributed by atoms with E-state index in [-0.39, 0.29) is 24.5 Å². The van der Waals surface area contributed by atoms with Gasteiger partial charge in [-0.05, 0) is 49.6 Å². The number of nitrogens with zero attached hydrogens (tertiary/aromatic N) is 3. The van der Waals surface area contributed by atoms with Gasteiger partial charge in [0, 0.05) is 42.3 Å². The van der Waals surface area contributed by atoms with Crippen molar-refractivity contribution in [2.45, 2.75) is 25.2 Å². The van der Waals surface area contributed by atoms with Crippen LogP contribution in [0.4, 0.5) is 10.8 Å². The molecule has 1 aromatic heterocycles. The van der Waals surface area contributed by atoms with E-state index in [4.69, 9.17) is 14.5 Å². The van der Waals surface area contributed by atoms with Gasteiger partial charge in [-0.1, -0.05) is 18.2 Å². The Balaban J connectivity index is 1.13. The molecule has 2 aliphatic heterocycles. The monoisotopic (exact) mass is 490 g/mol. The number of hydrogen-bond donors (Lipinski definition) is 1. The molecule has 2 amide bonds. The zero-order chi connectivity index (χ0) is 23.8. The number of carbonyl (C=O) groups excluding carboxylic acids is 2. The summed E-state index contributed by atoms with van der Waals surface area (Å²) in [7, 11) is 0. The first kappa shape index (κ1) is 21.9. The number of fused-ring (bicyclic) bond motifs is 2. The van der Waals surface area contributed by atoms with Crippen LogP contribution >= 0.6 is 11.3 Å². The fraction of sp³-hybridized carbons (Fsp3) is 0.346. The summed E-state index contributed by atoms with van der Waals surface area (Å²) >= 11 is 1.47. The number of aryl methyl sites for hydroxylation is 1. The first-order valence-corrected chi connectivity index (χ1v) is 12.8. The number of aromatic nitrogens is 1. The minimum absolute atomic E-state index is 0.151. The highest BCUT2D eigenvalue weighted by Gasteiger charge is 2.34. The van der Waals surface area contributed by atoms with Gasteiger partial charge in [-0.2, -0.15) is 0 Å². The molecule has 3 aromatic rings. The second-order valence-corrected chi connectivity index (χ2v) is 10.0. The second-order valence-electron chi connectivity index (χ2n) is 8.94. The van der Waals surface area contributed by atoms with E-state index < -0.39 is 0 Å². The summed E-state index contributed by atoms with van der Waals surface area (Å²) in [6, 6.07) is 15.4. The minimum Gasteiger partial charge on any atom is -0.454 e. The number of para-hydroxylation sites is 1. The Hall–Kier alpha value is -3.59. The Kier molecular flexibility index (Phi) is 5.77. The maximum absolute atomic E-state index is 13.5. The van der Waals surface area contributed by atoms with Crippen LogP contribution in [0.1, 0.15) is 39.7 Å². The minimum atomic E-state index is -0.255. The summed E-state index contributed by atoms with van der Waals surface area (Å²) in [5, 5.41) is 3.44. The SMILES string of the molecule is O=C(Nc1nc2c(s1)CCC[C@@H]2C(=O)N1CCN(c2ccccc2)CC1)c1ccc2c(c1)OCO2. The molecule has 35 heavy (non-hydrogen) atoms. The van der Waals surface area contributed by atoms with Crippen LogP contribution in [0.5, 0.6) is 11.5 Å². The van der Waals surface area contributed by atoms with Gasteiger partial charge in [0.1, 0.15) is 0 Å². The third-order valence-corrected chi connectivity index (χ3v) is 7.87. The average molecular weight is 491 g/mol. The normalized spacial score (nSPS) is 18.8. The molecular formula is C26H26N4O4S. The highest BCUT2D eigenvalue weighted by atomic mass is 32.1. The quantitative estimate of drug-likeness (QED) is 0.597. The van der Waals surface area contributed by atoms with Crippen LogP contribution in [0.3, 0.4) is 0 Å². The average Bonchev–Trinajstić information content (AvgIpc) is 3.54. The van der Waals surface area contributed by atoms with E-state index in [1.807, 2.05) is 23.1 Å². The largest absolute Gasteiger partial charge is 0.454 e. The van der Waals surface area contributed by atoms with Gasteiger partial charge in [-0.3, -0.25) is 14.9 Å². The number of ether oxygens (including phenoxy) is 2. The van der Waals surface area contributed by atoms with E-state index in [0.717, 1.165) is 42.9 Å². The molecule has 1 atom stereocenters. The van der Waals surface area contributed by atoms with Crippen molar-refractivity contribution in [1.29, 1.82) is 0 Å². The Bertz CT molecular complexity index is 1250. The van der Waals surface area contributed by atoms with E-state index in [2.05, 4.69) is 22.3 Å². The van der Waals surface area contributed by atoms with Crippen LogP contribution < -0.4 is 19.7 Å². The fourth-order valence-electron chi connectivity index (χ4n) is 4.96. The molecule has 1 N–H and O–H groups in total. The molecule has 3 heterocycles. The molecule has 2 aromatic carbocycles. The molecule has 0 spiro atoms. The third-order valence-electron chi connectivity index (χ3n) is 6.82. The Labute approximate surface area is 207 Å². The number of rotatable bonds is 4. The summed E-state index contributed by atoms with van der Waals surface area (Å²) < 4.78 is 10.7. The predicted molar refractivity (Wildman–Crippen MR) is 134 cm³/mol. The molecule has 1 fully saturated rings. The van der Waals surface area contributed by atoms with Gasteiger partial charge in [0.15, 0.2) is 16.6 Å². The molecule has 0 saturated carbocycles. The van der Waals surface area contributed by atoms with Crippen molar-refractivity contribution in [3.8, 4) is 11.5 Å². The van der Waals surface area contributed by atoms with Crippen LogP contribution in [-0.2, 0) is 11.2 Å². The van der Waals surface area contributed by atoms with E-state index >= 15 is 0 Å². The molecule has 3 aliphatic rings. The number of hydrogen-bond acceptors (Lipinski definition) is 7. The summed E-state index contributed by atoms with van der Waals surface area (Å²) in [4.78, 5) is 36.4. The summed E-state index contributed by atoms with van der Waals surface area (Å²) in [5.41, 5.74) is 2.51. The zero-order valence-electron chi connectivity index (χ0n) is 19.2. The fourth-order valence-corrected chi connectivity index (χ4v) is 6.02. The van der Waals surface area contributed by atoms with Crippen molar-refractivity contribution >= 4 is 34.0 Å². The van der Waals surface area contributed by atoms with Gasteiger partial charge in [-0.15, -0.1) is 11.3 Å². The van der Waals surface area contributed by atoms with Crippen LogP contribution in [0.25, 0.3) is 0 Å². The third kappa shape index (κ3) is 4.32. The van der Waals surface area contributed by atoms with Gasteiger partial charge < -0.3 is 19.3 Å². The van der Waals surface area contributed by atoms with Crippen molar-refractivity contribution in [2.75, 3.05) is 43.2 Å². The van der Waals surface area contributed by atoms with Crippen LogP contribution in [-0.4, -0.2) is 54.7 Å². The number of nitrogens with one attached hydrogen (secondary N) is 1. The molecular weight excluding hydrogens is 464 g/mol. The topological polar surface area (TPSA) is 84.0 Å². The molecule has 180 valence electrons. The standard InChI is InChI=1S/C26H26N4O4S/c31-24(17-9-10-20-21(15-17)34-16-33-20)28-26-27-23-19(7-4-8-22(23)35-26)25(32)30-13-11-29(12-14-30)18-5-2-1-3-6-18/h1-3,5-6,9-10,15,19H,4,7-8,11-14,16H2,(H,27,28,31)/t19-/m0/s1. The first-order valence-electron chi connectivity index (χ1n) is 11.9. The molecule has 6 rings (SSSR count). The van der Waals surface area contributed by atoms with Crippen LogP contribution in [0, 0.1) is 0 Å². The lowest BCUT2D eigenvalue weighted by molar-refractivity contribution is -0.133. The molecule has 0 unspecified atom stereocenters. The summed E-state index contributed by atoms with van der Waals surface area (Å²) in [6.07, 6.45) is 2.63. The van der Waals surface area contributed by atoms with Crippen molar-refractivity contribution < 1.29 is 19.1 Å². The molecule has 8 nitrogen and oxygen atoms in total. The summed E-state index contributed by atoms with van der Waals surface area (Å²) in [5.74, 6) is 0.854. The van der Waals surface area contributed by atoms with Crippen LogP contribution in [0.15, 0.2) is 48.5 Å². The lowest BCUT2D eigenvalue weighted by Gasteiger charge is -2.38. The predicted octanol–water partition coefficient (Wildman–Crippen LogP) is 3.89. The van der Waals surface area contributed by atoms with E-state index in [9.17, 15) is 9.59 Å².